The van der Waals surface area contributed by atoms with Crippen molar-refractivity contribution >= 4 is 5.69 Å². The van der Waals surface area contributed by atoms with E-state index in [2.05, 4.69) is 43.4 Å². The fourth-order valence-corrected chi connectivity index (χ4v) is 2.13. The number of aryl methyl sites for hydroxylation is 1. The van der Waals surface area contributed by atoms with Crippen molar-refractivity contribution in [1.82, 2.24) is 0 Å². The molecule has 1 N–H and O–H groups in total. The lowest BCUT2D eigenvalue weighted by atomic mass is 10.1. The lowest BCUT2D eigenvalue weighted by Gasteiger charge is -2.13. The number of benzene rings is 1. The van der Waals surface area contributed by atoms with Gasteiger partial charge in [0.25, 0.3) is 0 Å². The molecule has 0 spiro atoms. The minimum absolute atomic E-state index is 0.390. The summed E-state index contributed by atoms with van der Waals surface area (Å²) in [6, 6.07) is 8.66. The Labute approximate surface area is 98.0 Å². The second-order valence-electron chi connectivity index (χ2n) is 4.58. The normalized spacial score (nSPS) is 24.6. The van der Waals surface area contributed by atoms with Gasteiger partial charge >= 0.3 is 0 Å². The molecule has 1 fully saturated rings. The Hall–Kier alpha value is -1.02. The van der Waals surface area contributed by atoms with Crippen molar-refractivity contribution in [3.05, 3.63) is 29.8 Å². The lowest BCUT2D eigenvalue weighted by Crippen LogP contribution is -2.19. The Kier molecular flexibility index (Phi) is 3.83. The molecule has 1 aromatic rings. The van der Waals surface area contributed by atoms with Crippen molar-refractivity contribution in [1.29, 1.82) is 0 Å². The maximum atomic E-state index is 5.77. The third kappa shape index (κ3) is 2.99. The molecule has 0 radical (unpaired) electrons. The molecule has 1 aromatic carbocycles. The highest BCUT2D eigenvalue weighted by Gasteiger charge is 2.20. The monoisotopic (exact) mass is 219 g/mol. The van der Waals surface area contributed by atoms with Crippen molar-refractivity contribution in [3.8, 4) is 0 Å². The minimum atomic E-state index is 0.390. The van der Waals surface area contributed by atoms with E-state index in [4.69, 9.17) is 4.74 Å². The highest BCUT2D eigenvalue weighted by atomic mass is 16.5. The van der Waals surface area contributed by atoms with Crippen LogP contribution in [0.5, 0.6) is 0 Å². The molecule has 0 aliphatic carbocycles. The number of rotatable bonds is 4. The number of hydrogen-bond donors (Lipinski definition) is 1. The van der Waals surface area contributed by atoms with Gasteiger partial charge in [-0.1, -0.05) is 19.1 Å². The molecule has 0 saturated carbocycles. The molecule has 0 bridgehead atoms. The molecular weight excluding hydrogens is 198 g/mol. The van der Waals surface area contributed by atoms with Gasteiger partial charge in [-0.2, -0.15) is 0 Å². The Morgan fingerprint density at radius 2 is 2.00 bits per heavy atom. The molecule has 1 heterocycles. The van der Waals surface area contributed by atoms with Gasteiger partial charge in [-0.05, 0) is 43.9 Å². The van der Waals surface area contributed by atoms with Crippen LogP contribution in [0.4, 0.5) is 5.69 Å². The lowest BCUT2D eigenvalue weighted by molar-refractivity contribution is 0.0637. The molecule has 1 aliphatic heterocycles. The van der Waals surface area contributed by atoms with Crippen LogP contribution in [0, 0.1) is 0 Å². The van der Waals surface area contributed by atoms with Crippen LogP contribution in [0.2, 0.25) is 0 Å². The first-order chi connectivity index (χ1) is 7.78. The standard InChI is InChI=1S/C14H21NO/c1-3-12-5-7-13(8-6-12)15-10-14-9-4-11(2)16-14/h5-8,11,14-15H,3-4,9-10H2,1-2H3. The number of ether oxygens (including phenoxy) is 1. The summed E-state index contributed by atoms with van der Waals surface area (Å²) in [5.41, 5.74) is 2.58. The topological polar surface area (TPSA) is 21.3 Å². The van der Waals surface area contributed by atoms with Crippen LogP contribution in [-0.4, -0.2) is 18.8 Å². The van der Waals surface area contributed by atoms with Crippen molar-refractivity contribution in [3.63, 3.8) is 0 Å². The summed E-state index contributed by atoms with van der Waals surface area (Å²) in [5, 5.41) is 3.43. The second-order valence-corrected chi connectivity index (χ2v) is 4.58. The van der Waals surface area contributed by atoms with E-state index in [1.54, 1.807) is 0 Å². The summed E-state index contributed by atoms with van der Waals surface area (Å²) in [6.07, 6.45) is 4.31. The average molecular weight is 219 g/mol. The number of anilines is 1. The van der Waals surface area contributed by atoms with Crippen molar-refractivity contribution < 1.29 is 4.74 Å². The van der Waals surface area contributed by atoms with E-state index in [0.29, 0.717) is 12.2 Å². The van der Waals surface area contributed by atoms with Gasteiger partial charge in [-0.25, -0.2) is 0 Å². The van der Waals surface area contributed by atoms with Gasteiger partial charge in [0.2, 0.25) is 0 Å². The van der Waals surface area contributed by atoms with Gasteiger partial charge in [0.15, 0.2) is 0 Å². The largest absolute Gasteiger partial charge is 0.382 e. The third-order valence-electron chi connectivity index (χ3n) is 3.22. The molecule has 0 amide bonds. The van der Waals surface area contributed by atoms with E-state index in [-0.39, 0.29) is 0 Å². The average Bonchev–Trinajstić information content (AvgIpc) is 2.73. The van der Waals surface area contributed by atoms with Gasteiger partial charge in [-0.15, -0.1) is 0 Å². The molecule has 2 atom stereocenters. The smallest absolute Gasteiger partial charge is 0.0751 e. The van der Waals surface area contributed by atoms with Crippen molar-refractivity contribution in [2.75, 3.05) is 11.9 Å². The Morgan fingerprint density at radius 1 is 1.25 bits per heavy atom. The molecule has 88 valence electrons. The highest BCUT2D eigenvalue weighted by molar-refractivity contribution is 5.44. The van der Waals surface area contributed by atoms with Crippen LogP contribution in [0.15, 0.2) is 24.3 Å². The van der Waals surface area contributed by atoms with Crippen LogP contribution in [0.1, 0.15) is 32.3 Å². The first-order valence-corrected chi connectivity index (χ1v) is 6.26. The first-order valence-electron chi connectivity index (χ1n) is 6.26. The quantitative estimate of drug-likeness (QED) is 0.839. The van der Waals surface area contributed by atoms with Gasteiger partial charge in [0, 0.05) is 12.2 Å². The fraction of sp³-hybridized carbons (Fsp3) is 0.571. The molecule has 2 nitrogen and oxygen atoms in total. The van der Waals surface area contributed by atoms with Crippen LogP contribution >= 0.6 is 0 Å². The van der Waals surface area contributed by atoms with Gasteiger partial charge < -0.3 is 10.1 Å². The molecule has 2 unspecified atom stereocenters. The van der Waals surface area contributed by atoms with Crippen molar-refractivity contribution in [2.45, 2.75) is 45.3 Å². The van der Waals surface area contributed by atoms with Crippen LogP contribution in [0.25, 0.3) is 0 Å². The number of hydrogen-bond acceptors (Lipinski definition) is 2. The van der Waals surface area contributed by atoms with Gasteiger partial charge in [-0.3, -0.25) is 0 Å². The first kappa shape index (κ1) is 11.5. The molecule has 16 heavy (non-hydrogen) atoms. The van der Waals surface area contributed by atoms with Crippen LogP contribution < -0.4 is 5.32 Å². The Bertz CT molecular complexity index is 320. The zero-order chi connectivity index (χ0) is 11.4. The fourth-order valence-electron chi connectivity index (χ4n) is 2.13. The summed E-state index contributed by atoms with van der Waals surface area (Å²) in [5.74, 6) is 0. The zero-order valence-electron chi connectivity index (χ0n) is 10.2. The molecular formula is C14H21NO. The summed E-state index contributed by atoms with van der Waals surface area (Å²) >= 11 is 0. The molecule has 2 rings (SSSR count). The maximum absolute atomic E-state index is 5.77. The number of nitrogens with one attached hydrogen (secondary N) is 1. The zero-order valence-corrected chi connectivity index (χ0v) is 10.2. The molecule has 0 aromatic heterocycles. The van der Waals surface area contributed by atoms with E-state index in [9.17, 15) is 0 Å². The summed E-state index contributed by atoms with van der Waals surface area (Å²) < 4.78 is 5.77. The predicted molar refractivity (Wildman–Crippen MR) is 67.9 cm³/mol. The molecule has 2 heteroatoms. The third-order valence-corrected chi connectivity index (χ3v) is 3.22. The SMILES string of the molecule is CCc1ccc(NCC2CCC(C)O2)cc1. The van der Waals surface area contributed by atoms with Gasteiger partial charge in [0.05, 0.1) is 12.2 Å². The summed E-state index contributed by atoms with van der Waals surface area (Å²) in [4.78, 5) is 0. The maximum Gasteiger partial charge on any atom is 0.0751 e. The van der Waals surface area contributed by atoms with E-state index >= 15 is 0 Å². The van der Waals surface area contributed by atoms with E-state index < -0.39 is 0 Å². The van der Waals surface area contributed by atoms with E-state index in [0.717, 1.165) is 13.0 Å². The molecule has 1 aliphatic rings. The summed E-state index contributed by atoms with van der Waals surface area (Å²) in [7, 11) is 0. The van der Waals surface area contributed by atoms with Crippen molar-refractivity contribution in [2.24, 2.45) is 0 Å². The van der Waals surface area contributed by atoms with Crippen LogP contribution in [0.3, 0.4) is 0 Å². The minimum Gasteiger partial charge on any atom is -0.382 e. The van der Waals surface area contributed by atoms with E-state index in [1.165, 1.54) is 24.1 Å². The predicted octanol–water partition coefficient (Wildman–Crippen LogP) is 3.23. The Morgan fingerprint density at radius 3 is 2.56 bits per heavy atom. The van der Waals surface area contributed by atoms with Crippen LogP contribution in [-0.2, 0) is 11.2 Å². The van der Waals surface area contributed by atoms with Gasteiger partial charge in [0.1, 0.15) is 0 Å². The highest BCUT2D eigenvalue weighted by Crippen LogP contribution is 2.19. The van der Waals surface area contributed by atoms with E-state index in [1.807, 2.05) is 0 Å². The summed E-state index contributed by atoms with van der Waals surface area (Å²) in [6.45, 7) is 5.25. The Balaban J connectivity index is 1.80. The second kappa shape index (κ2) is 5.35. The molecule has 1 saturated heterocycles.